The van der Waals surface area contributed by atoms with Crippen molar-refractivity contribution in [1.82, 2.24) is 14.5 Å². The number of hydrogen-bond donors (Lipinski definition) is 2. The summed E-state index contributed by atoms with van der Waals surface area (Å²) in [6.07, 6.45) is -0.585. The average Bonchev–Trinajstić information content (AvgIpc) is 3.17. The fourth-order valence-electron chi connectivity index (χ4n) is 2.64. The molecule has 2 aromatic heterocycles. The van der Waals surface area contributed by atoms with E-state index in [2.05, 4.69) is 14.7 Å². The SMILES string of the molecule is COC(=O)C(C)Oc1nc(N)nc2c1sc(=O)n2[C@H]1CC[C@@H](CO)O1. The number of nitrogens with two attached hydrogens (primary N) is 1. The number of hydrogen-bond acceptors (Lipinski definition) is 10. The van der Waals surface area contributed by atoms with E-state index in [9.17, 15) is 14.7 Å². The van der Waals surface area contributed by atoms with Gasteiger partial charge in [0, 0.05) is 0 Å². The Hall–Kier alpha value is -2.24. The topological polar surface area (TPSA) is 139 Å². The standard InChI is InChI=1S/C14H18N4O6S/c1-6(12(20)22-2)23-11-9-10(16-13(15)17-11)18(14(21)25-9)8-4-3-7(5-19)24-8/h6-8,19H,3-5H2,1-2H3,(H2,15,16,17)/t6?,7-,8+/m0/s1. The largest absolute Gasteiger partial charge is 0.466 e. The van der Waals surface area contributed by atoms with E-state index in [-0.39, 0.29) is 35.1 Å². The first-order chi connectivity index (χ1) is 11.9. The van der Waals surface area contributed by atoms with E-state index < -0.39 is 18.3 Å². The highest BCUT2D eigenvalue weighted by atomic mass is 32.1. The van der Waals surface area contributed by atoms with Crippen molar-refractivity contribution in [1.29, 1.82) is 0 Å². The van der Waals surface area contributed by atoms with Gasteiger partial charge in [-0.2, -0.15) is 9.97 Å². The number of thiazole rings is 1. The van der Waals surface area contributed by atoms with Crippen LogP contribution in [0, 0.1) is 0 Å². The molecule has 1 aliphatic heterocycles. The number of carbonyl (C=O) groups is 1. The number of nitrogen functional groups attached to an aromatic ring is 1. The van der Waals surface area contributed by atoms with Crippen LogP contribution >= 0.6 is 11.3 Å². The predicted molar refractivity (Wildman–Crippen MR) is 88.4 cm³/mol. The maximum atomic E-state index is 12.4. The Morgan fingerprint density at radius 1 is 1.52 bits per heavy atom. The molecule has 3 rings (SSSR count). The van der Waals surface area contributed by atoms with Gasteiger partial charge in [0.25, 0.3) is 0 Å². The van der Waals surface area contributed by atoms with Crippen LogP contribution in [0.15, 0.2) is 4.79 Å². The zero-order valence-electron chi connectivity index (χ0n) is 13.7. The third-order valence-corrected chi connectivity index (χ3v) is 4.78. The monoisotopic (exact) mass is 370 g/mol. The highest BCUT2D eigenvalue weighted by molar-refractivity contribution is 7.16. The summed E-state index contributed by atoms with van der Waals surface area (Å²) in [6.45, 7) is 1.39. The lowest BCUT2D eigenvalue weighted by molar-refractivity contribution is -0.148. The summed E-state index contributed by atoms with van der Waals surface area (Å²) in [5, 5.41) is 9.21. The second-order valence-corrected chi connectivity index (χ2v) is 6.50. The Balaban J connectivity index is 2.03. The Morgan fingerprint density at radius 2 is 2.28 bits per heavy atom. The first kappa shape index (κ1) is 17.6. The van der Waals surface area contributed by atoms with Gasteiger partial charge in [-0.05, 0) is 19.8 Å². The van der Waals surface area contributed by atoms with Crippen LogP contribution in [-0.2, 0) is 14.3 Å². The summed E-state index contributed by atoms with van der Waals surface area (Å²) in [7, 11) is 1.25. The van der Waals surface area contributed by atoms with Gasteiger partial charge in [0.15, 0.2) is 11.8 Å². The molecule has 2 aromatic rings. The van der Waals surface area contributed by atoms with Crippen molar-refractivity contribution >= 4 is 33.6 Å². The van der Waals surface area contributed by atoms with Crippen LogP contribution in [0.5, 0.6) is 5.88 Å². The van der Waals surface area contributed by atoms with Crippen LogP contribution in [0.1, 0.15) is 26.0 Å². The first-order valence-electron chi connectivity index (χ1n) is 7.64. The Labute approximate surface area is 146 Å². The number of methoxy groups -OCH3 is 1. The molecule has 1 saturated heterocycles. The first-order valence-corrected chi connectivity index (χ1v) is 8.45. The number of fused-ring (bicyclic) bond motifs is 1. The van der Waals surface area contributed by atoms with Crippen LogP contribution in [-0.4, -0.2) is 51.5 Å². The predicted octanol–water partition coefficient (Wildman–Crippen LogP) is 0.0454. The summed E-state index contributed by atoms with van der Waals surface area (Å²) in [4.78, 5) is 31.8. The fourth-order valence-corrected chi connectivity index (χ4v) is 3.53. The van der Waals surface area contributed by atoms with Crippen LogP contribution in [0.3, 0.4) is 0 Å². The molecule has 1 unspecified atom stereocenters. The van der Waals surface area contributed by atoms with Crippen molar-refractivity contribution in [2.24, 2.45) is 0 Å². The summed E-state index contributed by atoms with van der Waals surface area (Å²) in [5.74, 6) is -0.636. The van der Waals surface area contributed by atoms with Crippen molar-refractivity contribution in [2.45, 2.75) is 38.2 Å². The lowest BCUT2D eigenvalue weighted by Gasteiger charge is -2.14. The summed E-state index contributed by atoms with van der Waals surface area (Å²) < 4.78 is 17.5. The number of ether oxygens (including phenoxy) is 3. The van der Waals surface area contributed by atoms with E-state index in [0.29, 0.717) is 17.5 Å². The second-order valence-electron chi connectivity index (χ2n) is 5.53. The van der Waals surface area contributed by atoms with Gasteiger partial charge < -0.3 is 25.1 Å². The van der Waals surface area contributed by atoms with Crippen molar-refractivity contribution in [3.8, 4) is 5.88 Å². The number of nitrogens with zero attached hydrogens (tertiary/aromatic N) is 3. The molecule has 1 fully saturated rings. The van der Waals surface area contributed by atoms with Gasteiger partial charge in [0.2, 0.25) is 11.8 Å². The van der Waals surface area contributed by atoms with Crippen molar-refractivity contribution in [2.75, 3.05) is 19.5 Å². The molecular weight excluding hydrogens is 352 g/mol. The molecule has 0 aliphatic carbocycles. The van der Waals surface area contributed by atoms with Crippen molar-refractivity contribution < 1.29 is 24.1 Å². The van der Waals surface area contributed by atoms with Crippen molar-refractivity contribution in [3.63, 3.8) is 0 Å². The van der Waals surface area contributed by atoms with Gasteiger partial charge in [0.05, 0.1) is 19.8 Å². The van der Waals surface area contributed by atoms with Gasteiger partial charge in [-0.1, -0.05) is 11.3 Å². The molecule has 25 heavy (non-hydrogen) atoms. The highest BCUT2D eigenvalue weighted by Gasteiger charge is 2.30. The smallest absolute Gasteiger partial charge is 0.346 e. The van der Waals surface area contributed by atoms with E-state index in [4.69, 9.17) is 15.2 Å². The molecule has 136 valence electrons. The number of anilines is 1. The van der Waals surface area contributed by atoms with E-state index in [1.54, 1.807) is 0 Å². The lowest BCUT2D eigenvalue weighted by Crippen LogP contribution is -2.25. The third-order valence-electron chi connectivity index (χ3n) is 3.85. The van der Waals surface area contributed by atoms with Crippen LogP contribution < -0.4 is 15.3 Å². The Kier molecular flexibility index (Phi) is 4.88. The van der Waals surface area contributed by atoms with Crippen LogP contribution in [0.4, 0.5) is 5.95 Å². The van der Waals surface area contributed by atoms with E-state index >= 15 is 0 Å². The summed E-state index contributed by atoms with van der Waals surface area (Å²) >= 11 is 0.878. The van der Waals surface area contributed by atoms with Gasteiger partial charge in [-0.15, -0.1) is 0 Å². The molecular formula is C14H18N4O6S. The van der Waals surface area contributed by atoms with Gasteiger partial charge >= 0.3 is 10.8 Å². The zero-order chi connectivity index (χ0) is 18.1. The minimum Gasteiger partial charge on any atom is -0.466 e. The van der Waals surface area contributed by atoms with Gasteiger partial charge in [-0.3, -0.25) is 9.36 Å². The number of aromatic nitrogens is 3. The molecule has 0 saturated carbocycles. The number of rotatable bonds is 5. The maximum absolute atomic E-state index is 12.4. The number of esters is 1. The Bertz CT molecular complexity index is 850. The molecule has 3 heterocycles. The van der Waals surface area contributed by atoms with Gasteiger partial charge in [0.1, 0.15) is 10.9 Å². The summed E-state index contributed by atoms with van der Waals surface area (Å²) in [5.41, 5.74) is 6.01. The fraction of sp³-hybridized carbons (Fsp3) is 0.571. The molecule has 0 bridgehead atoms. The molecule has 10 nitrogen and oxygen atoms in total. The minimum absolute atomic E-state index is 0.0398. The molecule has 0 amide bonds. The highest BCUT2D eigenvalue weighted by Crippen LogP contribution is 2.33. The molecule has 1 aliphatic rings. The number of aliphatic hydroxyl groups excluding tert-OH is 1. The summed E-state index contributed by atoms with van der Waals surface area (Å²) in [6, 6.07) is 0. The van der Waals surface area contributed by atoms with E-state index in [0.717, 1.165) is 11.3 Å². The molecule has 11 heteroatoms. The van der Waals surface area contributed by atoms with Crippen molar-refractivity contribution in [3.05, 3.63) is 9.67 Å². The maximum Gasteiger partial charge on any atom is 0.346 e. The van der Waals surface area contributed by atoms with Gasteiger partial charge in [-0.25, -0.2) is 4.79 Å². The number of carbonyl (C=O) groups excluding carboxylic acids is 1. The molecule has 3 N–H and O–H groups in total. The lowest BCUT2D eigenvalue weighted by atomic mass is 10.2. The minimum atomic E-state index is -0.922. The van der Waals surface area contributed by atoms with E-state index in [1.165, 1.54) is 18.6 Å². The quantitative estimate of drug-likeness (QED) is 0.699. The van der Waals surface area contributed by atoms with E-state index in [1.807, 2.05) is 0 Å². The molecule has 0 spiro atoms. The second kappa shape index (κ2) is 6.94. The van der Waals surface area contributed by atoms with Crippen LogP contribution in [0.2, 0.25) is 0 Å². The average molecular weight is 370 g/mol. The molecule has 0 aromatic carbocycles. The zero-order valence-corrected chi connectivity index (χ0v) is 14.5. The normalized spacial score (nSPS) is 21.4. The Morgan fingerprint density at radius 3 is 2.92 bits per heavy atom. The third kappa shape index (κ3) is 3.30. The number of aliphatic hydroxyl groups is 1. The molecule has 0 radical (unpaired) electrons. The molecule has 3 atom stereocenters. The van der Waals surface area contributed by atoms with Crippen LogP contribution in [0.25, 0.3) is 10.3 Å².